The minimum absolute atomic E-state index is 0.581. The molecule has 16 heavy (non-hydrogen) atoms. The molecule has 5 nitrogen and oxygen atoms in total. The van der Waals surface area contributed by atoms with Crippen molar-refractivity contribution in [3.05, 3.63) is 35.4 Å². The van der Waals surface area contributed by atoms with E-state index in [1.165, 1.54) is 7.11 Å². The van der Waals surface area contributed by atoms with Crippen LogP contribution in [0.25, 0.3) is 0 Å². The van der Waals surface area contributed by atoms with Gasteiger partial charge in [0.2, 0.25) is 0 Å². The van der Waals surface area contributed by atoms with Crippen LogP contribution < -0.4 is 5.43 Å². The van der Waals surface area contributed by atoms with Crippen LogP contribution in [-0.4, -0.2) is 18.9 Å². The van der Waals surface area contributed by atoms with E-state index < -0.39 is 6.09 Å². The Kier molecular flexibility index (Phi) is 4.04. The van der Waals surface area contributed by atoms with Gasteiger partial charge < -0.3 is 4.74 Å². The standard InChI is InChI=1S/C11H11N3O2/c1-8(13-14-11(15)16-2)10-5-3-9(7-12)4-6-10/h3-6H,1-2H3,(H,14,15). The zero-order chi connectivity index (χ0) is 12.0. The zero-order valence-corrected chi connectivity index (χ0v) is 9.02. The maximum Gasteiger partial charge on any atom is 0.427 e. The average Bonchev–Trinajstić information content (AvgIpc) is 2.35. The highest BCUT2D eigenvalue weighted by atomic mass is 16.5. The van der Waals surface area contributed by atoms with Crippen molar-refractivity contribution in [2.45, 2.75) is 6.92 Å². The predicted octanol–water partition coefficient (Wildman–Crippen LogP) is 1.64. The van der Waals surface area contributed by atoms with Gasteiger partial charge in [-0.05, 0) is 24.6 Å². The molecule has 82 valence electrons. The maximum atomic E-state index is 10.8. The third-order valence-corrected chi connectivity index (χ3v) is 1.93. The fraction of sp³-hybridized carbons (Fsp3) is 0.182. The number of hydrogen-bond acceptors (Lipinski definition) is 4. The highest BCUT2D eigenvalue weighted by Gasteiger charge is 1.99. The fourth-order valence-corrected chi connectivity index (χ4v) is 1.03. The third kappa shape index (κ3) is 3.10. The van der Waals surface area contributed by atoms with Gasteiger partial charge in [-0.3, -0.25) is 0 Å². The predicted molar refractivity (Wildman–Crippen MR) is 58.9 cm³/mol. The van der Waals surface area contributed by atoms with Gasteiger partial charge >= 0.3 is 6.09 Å². The molecule has 0 aliphatic heterocycles. The van der Waals surface area contributed by atoms with E-state index in [4.69, 9.17) is 5.26 Å². The Labute approximate surface area is 93.3 Å². The molecule has 0 unspecified atom stereocenters. The lowest BCUT2D eigenvalue weighted by Crippen LogP contribution is -2.18. The van der Waals surface area contributed by atoms with Crippen molar-refractivity contribution in [1.82, 2.24) is 5.43 Å². The van der Waals surface area contributed by atoms with Gasteiger partial charge in [0.15, 0.2) is 0 Å². The minimum Gasteiger partial charge on any atom is -0.452 e. The van der Waals surface area contributed by atoms with E-state index >= 15 is 0 Å². The Morgan fingerprint density at radius 1 is 1.44 bits per heavy atom. The van der Waals surface area contributed by atoms with E-state index in [0.29, 0.717) is 11.3 Å². The molecule has 0 spiro atoms. The summed E-state index contributed by atoms with van der Waals surface area (Å²) in [6.45, 7) is 1.75. The van der Waals surface area contributed by atoms with Crippen LogP contribution >= 0.6 is 0 Å². The van der Waals surface area contributed by atoms with Crippen molar-refractivity contribution >= 4 is 11.8 Å². The number of amides is 1. The van der Waals surface area contributed by atoms with Gasteiger partial charge in [-0.25, -0.2) is 10.2 Å². The summed E-state index contributed by atoms with van der Waals surface area (Å²) >= 11 is 0. The summed E-state index contributed by atoms with van der Waals surface area (Å²) in [6, 6.07) is 8.92. The van der Waals surface area contributed by atoms with Crippen molar-refractivity contribution in [3.8, 4) is 6.07 Å². The van der Waals surface area contributed by atoms with Gasteiger partial charge in [0.05, 0.1) is 24.5 Å². The van der Waals surface area contributed by atoms with Crippen molar-refractivity contribution in [3.63, 3.8) is 0 Å². The second kappa shape index (κ2) is 5.51. The van der Waals surface area contributed by atoms with Crippen LogP contribution in [0.15, 0.2) is 29.4 Å². The lowest BCUT2D eigenvalue weighted by molar-refractivity contribution is 0.171. The highest BCUT2D eigenvalue weighted by molar-refractivity contribution is 5.99. The monoisotopic (exact) mass is 217 g/mol. The molecule has 0 aromatic heterocycles. The van der Waals surface area contributed by atoms with Gasteiger partial charge in [0, 0.05) is 0 Å². The molecule has 0 heterocycles. The summed E-state index contributed by atoms with van der Waals surface area (Å²) in [4.78, 5) is 10.8. The molecule has 0 aliphatic carbocycles. The maximum absolute atomic E-state index is 10.8. The Hall–Kier alpha value is -2.35. The molecule has 0 radical (unpaired) electrons. The van der Waals surface area contributed by atoms with Gasteiger partial charge in [0.25, 0.3) is 0 Å². The van der Waals surface area contributed by atoms with Gasteiger partial charge in [-0.15, -0.1) is 0 Å². The van der Waals surface area contributed by atoms with Gasteiger partial charge in [-0.2, -0.15) is 10.4 Å². The van der Waals surface area contributed by atoms with E-state index in [1.807, 2.05) is 6.07 Å². The molecule has 0 aliphatic rings. The third-order valence-electron chi connectivity index (χ3n) is 1.93. The van der Waals surface area contributed by atoms with Crippen molar-refractivity contribution in [2.75, 3.05) is 7.11 Å². The number of nitriles is 1. The van der Waals surface area contributed by atoms with E-state index in [-0.39, 0.29) is 0 Å². The Balaban J connectivity index is 2.76. The van der Waals surface area contributed by atoms with Crippen LogP contribution in [0.3, 0.4) is 0 Å². The highest BCUT2D eigenvalue weighted by Crippen LogP contribution is 2.04. The van der Waals surface area contributed by atoms with E-state index in [2.05, 4.69) is 15.3 Å². The second-order valence-electron chi connectivity index (χ2n) is 2.99. The Bertz CT molecular complexity index is 443. The first kappa shape index (κ1) is 11.7. The lowest BCUT2D eigenvalue weighted by Gasteiger charge is -2.01. The van der Waals surface area contributed by atoms with Crippen molar-refractivity contribution in [2.24, 2.45) is 5.10 Å². The molecule has 0 saturated carbocycles. The fourth-order valence-electron chi connectivity index (χ4n) is 1.03. The number of hydrazone groups is 1. The number of nitrogens with zero attached hydrogens (tertiary/aromatic N) is 2. The molecule has 5 heteroatoms. The molecule has 0 bridgehead atoms. The normalized spacial score (nSPS) is 10.4. The molecule has 1 aromatic carbocycles. The van der Waals surface area contributed by atoms with E-state index in [9.17, 15) is 4.79 Å². The van der Waals surface area contributed by atoms with Crippen molar-refractivity contribution in [1.29, 1.82) is 5.26 Å². The zero-order valence-electron chi connectivity index (χ0n) is 9.02. The molecule has 0 saturated heterocycles. The molecule has 0 atom stereocenters. The Morgan fingerprint density at radius 3 is 2.56 bits per heavy atom. The van der Waals surface area contributed by atoms with E-state index in [0.717, 1.165) is 5.56 Å². The Morgan fingerprint density at radius 2 is 2.06 bits per heavy atom. The largest absolute Gasteiger partial charge is 0.452 e. The topological polar surface area (TPSA) is 74.5 Å². The number of nitrogens with one attached hydrogen (secondary N) is 1. The molecule has 1 amide bonds. The number of rotatable bonds is 2. The molecule has 1 N–H and O–H groups in total. The summed E-state index contributed by atoms with van der Waals surface area (Å²) in [5.41, 5.74) is 4.27. The van der Waals surface area contributed by atoms with Gasteiger partial charge in [-0.1, -0.05) is 12.1 Å². The quantitative estimate of drug-likeness (QED) is 0.604. The first-order valence-electron chi connectivity index (χ1n) is 4.56. The van der Waals surface area contributed by atoms with Crippen molar-refractivity contribution < 1.29 is 9.53 Å². The van der Waals surface area contributed by atoms with E-state index in [1.54, 1.807) is 31.2 Å². The number of hydrogen-bond donors (Lipinski definition) is 1. The average molecular weight is 217 g/mol. The molecule has 0 fully saturated rings. The molecule has 1 aromatic rings. The molecular formula is C11H11N3O2. The van der Waals surface area contributed by atoms with Crippen LogP contribution in [0.4, 0.5) is 4.79 Å². The van der Waals surface area contributed by atoms with Crippen LogP contribution in [0.1, 0.15) is 18.1 Å². The summed E-state index contributed by atoms with van der Waals surface area (Å²) in [5.74, 6) is 0. The lowest BCUT2D eigenvalue weighted by atomic mass is 10.1. The van der Waals surface area contributed by atoms with Crippen LogP contribution in [0.5, 0.6) is 0 Å². The smallest absolute Gasteiger partial charge is 0.427 e. The second-order valence-corrected chi connectivity index (χ2v) is 2.99. The SMILES string of the molecule is COC(=O)NN=C(C)c1ccc(C#N)cc1. The minimum atomic E-state index is -0.618. The number of methoxy groups -OCH3 is 1. The van der Waals surface area contributed by atoms with Crippen LogP contribution in [-0.2, 0) is 4.74 Å². The molecular weight excluding hydrogens is 206 g/mol. The summed E-state index contributed by atoms with van der Waals surface area (Å²) in [7, 11) is 1.27. The van der Waals surface area contributed by atoms with Crippen LogP contribution in [0.2, 0.25) is 0 Å². The number of carbonyl (C=O) groups excluding carboxylic acids is 1. The van der Waals surface area contributed by atoms with Crippen LogP contribution in [0, 0.1) is 11.3 Å². The molecule has 1 rings (SSSR count). The first-order valence-corrected chi connectivity index (χ1v) is 4.56. The number of ether oxygens (including phenoxy) is 1. The summed E-state index contributed by atoms with van der Waals surface area (Å²) in [6.07, 6.45) is -0.618. The van der Waals surface area contributed by atoms with Gasteiger partial charge in [0.1, 0.15) is 0 Å². The summed E-state index contributed by atoms with van der Waals surface area (Å²) < 4.78 is 4.37. The number of carbonyl (C=O) groups is 1. The summed E-state index contributed by atoms with van der Waals surface area (Å²) in [5, 5.41) is 12.5. The number of benzene rings is 1. The first-order chi connectivity index (χ1) is 7.67.